The van der Waals surface area contributed by atoms with Gasteiger partial charge in [0.15, 0.2) is 6.04 Å². The standard InChI is InChI=1S/C25H31NO7/c1-17(31-15-19-8-6-5-7-9-19)22(26-24(30)33-25(2,3)4)23(29)32-16-20-12-10-18(11-13-20)14-21(27)28/h5-13,17,22H,14-16H2,1-4H3,(H,26,30)(H,27,28)/t17-,22-/m0/s1. The van der Waals surface area contributed by atoms with Crippen LogP contribution in [0.5, 0.6) is 0 Å². The van der Waals surface area contributed by atoms with Gasteiger partial charge in [-0.05, 0) is 44.4 Å². The lowest BCUT2D eigenvalue weighted by Gasteiger charge is -2.26. The summed E-state index contributed by atoms with van der Waals surface area (Å²) in [7, 11) is 0. The van der Waals surface area contributed by atoms with Gasteiger partial charge in [-0.25, -0.2) is 9.59 Å². The highest BCUT2D eigenvalue weighted by molar-refractivity contribution is 5.82. The minimum absolute atomic E-state index is 0.0376. The van der Waals surface area contributed by atoms with Crippen LogP contribution < -0.4 is 5.32 Å². The van der Waals surface area contributed by atoms with Gasteiger partial charge in [-0.1, -0.05) is 54.6 Å². The van der Waals surface area contributed by atoms with Gasteiger partial charge in [0.2, 0.25) is 0 Å². The molecule has 8 nitrogen and oxygen atoms in total. The summed E-state index contributed by atoms with van der Waals surface area (Å²) in [6, 6.07) is 15.1. The van der Waals surface area contributed by atoms with Crippen molar-refractivity contribution in [2.24, 2.45) is 0 Å². The van der Waals surface area contributed by atoms with E-state index in [1.807, 2.05) is 30.3 Å². The molecule has 0 saturated carbocycles. The molecule has 1 amide bonds. The second kappa shape index (κ2) is 12.0. The predicted octanol–water partition coefficient (Wildman–Crippen LogP) is 3.86. The number of amides is 1. The molecule has 0 aliphatic rings. The number of rotatable bonds is 10. The highest BCUT2D eigenvalue weighted by atomic mass is 16.6. The van der Waals surface area contributed by atoms with Crippen molar-refractivity contribution < 1.29 is 33.7 Å². The number of hydrogen-bond donors (Lipinski definition) is 2. The van der Waals surface area contributed by atoms with E-state index in [9.17, 15) is 14.4 Å². The number of carboxylic acids is 1. The lowest BCUT2D eigenvalue weighted by atomic mass is 10.1. The third kappa shape index (κ3) is 9.74. The van der Waals surface area contributed by atoms with Gasteiger partial charge in [0, 0.05) is 0 Å². The van der Waals surface area contributed by atoms with Gasteiger partial charge in [0.1, 0.15) is 12.2 Å². The van der Waals surface area contributed by atoms with Crippen molar-refractivity contribution in [1.82, 2.24) is 5.32 Å². The Hall–Kier alpha value is -3.39. The first-order chi connectivity index (χ1) is 15.5. The average molecular weight is 458 g/mol. The Morgan fingerprint density at radius 2 is 1.48 bits per heavy atom. The zero-order chi connectivity index (χ0) is 24.4. The summed E-state index contributed by atoms with van der Waals surface area (Å²) in [4.78, 5) is 35.9. The summed E-state index contributed by atoms with van der Waals surface area (Å²) in [5, 5.41) is 11.4. The third-order valence-corrected chi connectivity index (χ3v) is 4.51. The van der Waals surface area contributed by atoms with Crippen LogP contribution in [0.3, 0.4) is 0 Å². The Morgan fingerprint density at radius 1 is 0.909 bits per heavy atom. The smallest absolute Gasteiger partial charge is 0.408 e. The molecule has 2 aromatic carbocycles. The quantitative estimate of drug-likeness (QED) is 0.521. The number of aliphatic carboxylic acids is 1. The molecule has 0 radical (unpaired) electrons. The molecule has 178 valence electrons. The van der Waals surface area contributed by atoms with Gasteiger partial charge in [-0.3, -0.25) is 4.79 Å². The molecular weight excluding hydrogens is 426 g/mol. The third-order valence-electron chi connectivity index (χ3n) is 4.51. The highest BCUT2D eigenvalue weighted by Crippen LogP contribution is 2.12. The number of carbonyl (C=O) groups excluding carboxylic acids is 2. The van der Waals surface area contributed by atoms with Crippen LogP contribution in [0, 0.1) is 0 Å². The van der Waals surface area contributed by atoms with Crippen LogP contribution in [0.2, 0.25) is 0 Å². The molecule has 0 aliphatic heterocycles. The van der Waals surface area contributed by atoms with Crippen molar-refractivity contribution in [3.05, 3.63) is 71.3 Å². The molecule has 2 aromatic rings. The van der Waals surface area contributed by atoms with Gasteiger partial charge >= 0.3 is 18.0 Å². The average Bonchev–Trinajstić information content (AvgIpc) is 2.74. The van der Waals surface area contributed by atoms with Crippen molar-refractivity contribution in [1.29, 1.82) is 0 Å². The molecular formula is C25H31NO7. The summed E-state index contributed by atoms with van der Waals surface area (Å²) in [6.07, 6.45) is -1.53. The van der Waals surface area contributed by atoms with Gasteiger partial charge in [0.25, 0.3) is 0 Å². The Kier molecular flexibility index (Phi) is 9.42. The second-order valence-corrected chi connectivity index (χ2v) is 8.62. The SMILES string of the molecule is C[C@H](OCc1ccccc1)[C@H](NC(=O)OC(C)(C)C)C(=O)OCc1ccc(CC(=O)O)cc1. The van der Waals surface area contributed by atoms with E-state index < -0.39 is 35.8 Å². The summed E-state index contributed by atoms with van der Waals surface area (Å²) in [6.45, 7) is 7.07. The van der Waals surface area contributed by atoms with E-state index in [-0.39, 0.29) is 19.6 Å². The number of alkyl carbamates (subject to hydrolysis) is 1. The molecule has 2 rings (SSSR count). The van der Waals surface area contributed by atoms with Crippen molar-refractivity contribution in [2.75, 3.05) is 0 Å². The lowest BCUT2D eigenvalue weighted by molar-refractivity contribution is -0.152. The van der Waals surface area contributed by atoms with E-state index in [1.165, 1.54) is 0 Å². The first-order valence-electron chi connectivity index (χ1n) is 10.6. The number of hydrogen-bond acceptors (Lipinski definition) is 6. The highest BCUT2D eigenvalue weighted by Gasteiger charge is 2.31. The van der Waals surface area contributed by atoms with Crippen LogP contribution in [0.4, 0.5) is 4.79 Å². The van der Waals surface area contributed by atoms with Gasteiger partial charge in [-0.15, -0.1) is 0 Å². The molecule has 2 atom stereocenters. The fourth-order valence-electron chi connectivity index (χ4n) is 2.87. The molecule has 0 aromatic heterocycles. The molecule has 0 saturated heterocycles. The number of carboxylic acid groups (broad SMARTS) is 1. The minimum atomic E-state index is -1.09. The van der Waals surface area contributed by atoms with Crippen molar-refractivity contribution >= 4 is 18.0 Å². The van der Waals surface area contributed by atoms with Gasteiger partial charge in [0.05, 0.1) is 19.1 Å². The molecule has 8 heteroatoms. The number of benzene rings is 2. The largest absolute Gasteiger partial charge is 0.481 e. The summed E-state index contributed by atoms with van der Waals surface area (Å²) in [5.41, 5.74) is 1.52. The maximum absolute atomic E-state index is 12.8. The van der Waals surface area contributed by atoms with Crippen LogP contribution >= 0.6 is 0 Å². The number of nitrogens with one attached hydrogen (secondary N) is 1. The zero-order valence-electron chi connectivity index (χ0n) is 19.4. The van der Waals surface area contributed by atoms with E-state index in [0.717, 1.165) is 5.56 Å². The first-order valence-corrected chi connectivity index (χ1v) is 10.6. The van der Waals surface area contributed by atoms with E-state index in [2.05, 4.69) is 5.32 Å². The fourth-order valence-corrected chi connectivity index (χ4v) is 2.87. The van der Waals surface area contributed by atoms with Crippen molar-refractivity contribution in [2.45, 2.75) is 65.1 Å². The van der Waals surface area contributed by atoms with Crippen LogP contribution in [-0.2, 0) is 43.4 Å². The van der Waals surface area contributed by atoms with Crippen LogP contribution in [0.25, 0.3) is 0 Å². The zero-order valence-corrected chi connectivity index (χ0v) is 19.4. The van der Waals surface area contributed by atoms with E-state index >= 15 is 0 Å². The molecule has 0 aliphatic carbocycles. The molecule has 0 bridgehead atoms. The summed E-state index contributed by atoms with van der Waals surface area (Å²) < 4.78 is 16.5. The molecule has 0 spiro atoms. The lowest BCUT2D eigenvalue weighted by Crippen LogP contribution is -2.50. The number of esters is 1. The molecule has 2 N–H and O–H groups in total. The second-order valence-electron chi connectivity index (χ2n) is 8.62. The van der Waals surface area contributed by atoms with Crippen molar-refractivity contribution in [3.8, 4) is 0 Å². The van der Waals surface area contributed by atoms with Crippen LogP contribution in [-0.4, -0.2) is 40.9 Å². The monoisotopic (exact) mass is 457 g/mol. The van der Waals surface area contributed by atoms with Gasteiger partial charge in [-0.2, -0.15) is 0 Å². The van der Waals surface area contributed by atoms with E-state index in [0.29, 0.717) is 11.1 Å². The topological polar surface area (TPSA) is 111 Å². The Bertz CT molecular complexity index is 920. The predicted molar refractivity (Wildman–Crippen MR) is 121 cm³/mol. The molecule has 0 unspecified atom stereocenters. The van der Waals surface area contributed by atoms with Gasteiger partial charge < -0.3 is 24.6 Å². The van der Waals surface area contributed by atoms with E-state index in [1.54, 1.807) is 52.0 Å². The summed E-state index contributed by atoms with van der Waals surface area (Å²) >= 11 is 0. The van der Waals surface area contributed by atoms with Crippen molar-refractivity contribution in [3.63, 3.8) is 0 Å². The molecule has 33 heavy (non-hydrogen) atoms. The minimum Gasteiger partial charge on any atom is -0.481 e. The maximum Gasteiger partial charge on any atom is 0.408 e. The number of carbonyl (C=O) groups is 3. The Labute approximate surface area is 193 Å². The first kappa shape index (κ1) is 25.9. The molecule has 0 heterocycles. The molecule has 0 fully saturated rings. The Morgan fingerprint density at radius 3 is 2.06 bits per heavy atom. The Balaban J connectivity index is 2.02. The fraction of sp³-hybridized carbons (Fsp3) is 0.400. The van der Waals surface area contributed by atoms with E-state index in [4.69, 9.17) is 19.3 Å². The van der Waals surface area contributed by atoms with Crippen LogP contribution in [0.1, 0.15) is 44.4 Å². The normalized spacial score (nSPS) is 13.0. The summed E-state index contributed by atoms with van der Waals surface area (Å²) in [5.74, 6) is -1.59. The maximum atomic E-state index is 12.8. The number of ether oxygens (including phenoxy) is 3. The van der Waals surface area contributed by atoms with Crippen LogP contribution in [0.15, 0.2) is 54.6 Å².